The molecule has 190 valence electrons. The molecule has 0 bridgehead atoms. The van der Waals surface area contributed by atoms with Crippen LogP contribution in [0.15, 0.2) is 60.0 Å². The molecule has 3 aliphatic rings. The van der Waals surface area contributed by atoms with Gasteiger partial charge in [0.1, 0.15) is 5.54 Å². The molecule has 0 radical (unpaired) electrons. The summed E-state index contributed by atoms with van der Waals surface area (Å²) in [5, 5.41) is 13.1. The van der Waals surface area contributed by atoms with Gasteiger partial charge in [-0.15, -0.1) is 11.3 Å². The van der Waals surface area contributed by atoms with Gasteiger partial charge in [-0.2, -0.15) is 0 Å². The summed E-state index contributed by atoms with van der Waals surface area (Å²) in [7, 11) is 0. The molecule has 1 saturated heterocycles. The second kappa shape index (κ2) is 8.89. The van der Waals surface area contributed by atoms with E-state index in [2.05, 4.69) is 0 Å². The monoisotopic (exact) mass is 537 g/mol. The number of carbonyl (C=O) groups excluding carboxylic acids is 2. The molecular formula is C28H24ClNO6S. The number of carboxylic acid groups (broad SMARTS) is 1. The first-order valence-electron chi connectivity index (χ1n) is 12.1. The summed E-state index contributed by atoms with van der Waals surface area (Å²) in [6.45, 7) is 1.64. The number of ether oxygens (including phenoxy) is 2. The second-order valence-electron chi connectivity index (χ2n) is 9.89. The number of hydrogen-bond donors (Lipinski definition) is 1. The SMILES string of the molecule is CC1(C(=O)O)C(c2ccc(Cl)cc2)C(C(=O)c2cccs2)C(c2ccc3c(c2)OCO3)N1C(=O)C1CC1. The molecule has 37 heavy (non-hydrogen) atoms. The summed E-state index contributed by atoms with van der Waals surface area (Å²) in [5.74, 6) is -2.46. The molecule has 6 rings (SSSR count). The zero-order valence-corrected chi connectivity index (χ0v) is 21.5. The van der Waals surface area contributed by atoms with Gasteiger partial charge in [-0.05, 0) is 66.6 Å². The fourth-order valence-electron chi connectivity index (χ4n) is 5.79. The number of hydrogen-bond acceptors (Lipinski definition) is 6. The standard InChI is InChI=1S/C28H24ClNO6S/c1-28(27(33)34)23(15-6-9-18(29)10-7-15)22(25(31)21-3-2-12-37-21)24(30(28)26(32)16-4-5-16)17-8-11-19-20(13-17)36-14-35-19/h2-3,6-13,16,22-24H,4-5,14H2,1H3,(H,33,34). The van der Waals surface area contributed by atoms with Crippen molar-refractivity contribution in [1.29, 1.82) is 0 Å². The lowest BCUT2D eigenvalue weighted by atomic mass is 9.72. The Kier molecular flexibility index (Phi) is 5.76. The smallest absolute Gasteiger partial charge is 0.330 e. The number of ketones is 1. The van der Waals surface area contributed by atoms with Crippen LogP contribution in [0, 0.1) is 11.8 Å². The molecule has 4 unspecified atom stereocenters. The fourth-order valence-corrected chi connectivity index (χ4v) is 6.63. The van der Waals surface area contributed by atoms with Crippen molar-refractivity contribution < 1.29 is 29.0 Å². The third kappa shape index (κ3) is 3.81. The van der Waals surface area contributed by atoms with Crippen LogP contribution in [0.4, 0.5) is 0 Å². The van der Waals surface area contributed by atoms with Gasteiger partial charge in [0.05, 0.1) is 16.8 Å². The minimum atomic E-state index is -1.69. The van der Waals surface area contributed by atoms with Crippen LogP contribution in [0.2, 0.25) is 5.02 Å². The lowest BCUT2D eigenvalue weighted by molar-refractivity contribution is -0.158. The highest BCUT2D eigenvalue weighted by Gasteiger charge is 2.66. The van der Waals surface area contributed by atoms with Crippen molar-refractivity contribution in [2.45, 2.75) is 37.3 Å². The first kappa shape index (κ1) is 24.0. The molecule has 4 atom stereocenters. The second-order valence-corrected chi connectivity index (χ2v) is 11.3. The highest BCUT2D eigenvalue weighted by Crippen LogP contribution is 2.58. The Labute approximate surface area is 222 Å². The summed E-state index contributed by atoms with van der Waals surface area (Å²) in [6.07, 6.45) is 1.40. The highest BCUT2D eigenvalue weighted by molar-refractivity contribution is 7.12. The molecule has 1 N–H and O–H groups in total. The maximum atomic E-state index is 14.2. The zero-order chi connectivity index (χ0) is 25.9. The van der Waals surface area contributed by atoms with Crippen molar-refractivity contribution in [3.8, 4) is 11.5 Å². The van der Waals surface area contributed by atoms with Crippen LogP contribution in [-0.2, 0) is 9.59 Å². The molecule has 2 aliphatic heterocycles. The van der Waals surface area contributed by atoms with E-state index in [-0.39, 0.29) is 24.4 Å². The average molecular weight is 538 g/mol. The Balaban J connectivity index is 1.61. The van der Waals surface area contributed by atoms with E-state index >= 15 is 0 Å². The van der Waals surface area contributed by atoms with Crippen LogP contribution in [0.5, 0.6) is 11.5 Å². The van der Waals surface area contributed by atoms with Crippen molar-refractivity contribution in [3.63, 3.8) is 0 Å². The third-order valence-corrected chi connectivity index (χ3v) is 8.85. The molecule has 2 aromatic carbocycles. The van der Waals surface area contributed by atoms with Gasteiger partial charge in [0.2, 0.25) is 12.7 Å². The van der Waals surface area contributed by atoms with Crippen LogP contribution in [-0.4, -0.2) is 40.0 Å². The Bertz CT molecular complexity index is 1390. The van der Waals surface area contributed by atoms with Gasteiger partial charge in [-0.1, -0.05) is 35.9 Å². The quantitative estimate of drug-likeness (QED) is 0.414. The first-order valence-corrected chi connectivity index (χ1v) is 13.4. The number of amides is 1. The van der Waals surface area contributed by atoms with E-state index in [9.17, 15) is 19.5 Å². The number of rotatable bonds is 6. The number of fused-ring (bicyclic) bond motifs is 1. The maximum absolute atomic E-state index is 14.2. The van der Waals surface area contributed by atoms with Crippen LogP contribution < -0.4 is 9.47 Å². The van der Waals surface area contributed by atoms with Gasteiger partial charge in [0.25, 0.3) is 0 Å². The summed E-state index contributed by atoms with van der Waals surface area (Å²) in [6, 6.07) is 14.9. The van der Waals surface area contributed by atoms with Gasteiger partial charge in [-0.25, -0.2) is 4.79 Å². The van der Waals surface area contributed by atoms with Crippen molar-refractivity contribution >= 4 is 40.6 Å². The number of thiophene rings is 1. The molecule has 3 heterocycles. The summed E-state index contributed by atoms with van der Waals surface area (Å²) in [4.78, 5) is 43.3. The zero-order valence-electron chi connectivity index (χ0n) is 19.9. The van der Waals surface area contributed by atoms with Gasteiger partial charge in [0.15, 0.2) is 17.3 Å². The Morgan fingerprint density at radius 1 is 1.03 bits per heavy atom. The molecular weight excluding hydrogens is 514 g/mol. The number of halogens is 1. The first-order chi connectivity index (χ1) is 17.8. The minimum absolute atomic E-state index is 0.0754. The van der Waals surface area contributed by atoms with E-state index in [0.29, 0.717) is 45.4 Å². The average Bonchev–Trinajstić information content (AvgIpc) is 3.28. The van der Waals surface area contributed by atoms with E-state index in [1.54, 1.807) is 61.5 Å². The van der Waals surface area contributed by atoms with Crippen molar-refractivity contribution in [2.24, 2.45) is 11.8 Å². The fraction of sp³-hybridized carbons (Fsp3) is 0.321. The minimum Gasteiger partial charge on any atom is -0.479 e. The number of Topliss-reactive ketones (excluding diaryl/α,β-unsaturated/α-hetero) is 1. The largest absolute Gasteiger partial charge is 0.479 e. The number of carboxylic acids is 1. The summed E-state index contributed by atoms with van der Waals surface area (Å²) < 4.78 is 11.1. The topological polar surface area (TPSA) is 93.1 Å². The van der Waals surface area contributed by atoms with E-state index in [1.807, 2.05) is 5.38 Å². The van der Waals surface area contributed by atoms with Crippen LogP contribution in [0.3, 0.4) is 0 Å². The lowest BCUT2D eigenvalue weighted by Crippen LogP contribution is -2.54. The normalized spacial score (nSPS) is 26.3. The lowest BCUT2D eigenvalue weighted by Gasteiger charge is -2.38. The number of aliphatic carboxylic acids is 1. The van der Waals surface area contributed by atoms with E-state index in [0.717, 1.165) is 0 Å². The number of carbonyl (C=O) groups is 3. The van der Waals surface area contributed by atoms with E-state index < -0.39 is 29.4 Å². The van der Waals surface area contributed by atoms with Gasteiger partial charge in [-0.3, -0.25) is 9.59 Å². The summed E-state index contributed by atoms with van der Waals surface area (Å²) >= 11 is 7.47. The van der Waals surface area contributed by atoms with Crippen molar-refractivity contribution in [1.82, 2.24) is 4.90 Å². The molecule has 0 spiro atoms. The molecule has 1 aromatic heterocycles. The number of benzene rings is 2. The number of likely N-dealkylation sites (tertiary alicyclic amines) is 1. The van der Waals surface area contributed by atoms with Crippen molar-refractivity contribution in [3.05, 3.63) is 81.0 Å². The van der Waals surface area contributed by atoms with E-state index in [4.69, 9.17) is 21.1 Å². The predicted molar refractivity (Wildman–Crippen MR) is 137 cm³/mol. The van der Waals surface area contributed by atoms with Crippen LogP contribution >= 0.6 is 22.9 Å². The van der Waals surface area contributed by atoms with Crippen molar-refractivity contribution in [2.75, 3.05) is 6.79 Å². The van der Waals surface area contributed by atoms with Gasteiger partial charge < -0.3 is 19.5 Å². The van der Waals surface area contributed by atoms with Gasteiger partial charge >= 0.3 is 5.97 Å². The summed E-state index contributed by atoms with van der Waals surface area (Å²) in [5.41, 5.74) is -0.412. The molecule has 1 amide bonds. The predicted octanol–water partition coefficient (Wildman–Crippen LogP) is 5.55. The molecule has 9 heteroatoms. The number of nitrogens with zero attached hydrogens (tertiary/aromatic N) is 1. The molecule has 3 aromatic rings. The Morgan fingerprint density at radius 2 is 1.73 bits per heavy atom. The van der Waals surface area contributed by atoms with E-state index in [1.165, 1.54) is 16.2 Å². The Morgan fingerprint density at radius 3 is 2.38 bits per heavy atom. The third-order valence-electron chi connectivity index (χ3n) is 7.71. The highest BCUT2D eigenvalue weighted by atomic mass is 35.5. The van der Waals surface area contributed by atoms with Gasteiger partial charge in [0, 0.05) is 16.9 Å². The Hall–Kier alpha value is -3.36. The van der Waals surface area contributed by atoms with Crippen LogP contribution in [0.1, 0.15) is 52.5 Å². The molecule has 2 fully saturated rings. The molecule has 7 nitrogen and oxygen atoms in total. The maximum Gasteiger partial charge on any atom is 0.330 e. The molecule has 1 saturated carbocycles. The van der Waals surface area contributed by atoms with Crippen LogP contribution in [0.25, 0.3) is 0 Å². The molecule has 1 aliphatic carbocycles.